The van der Waals surface area contributed by atoms with Crippen LogP contribution in [0, 0.1) is 0 Å². The molecule has 5 heteroatoms. The summed E-state index contributed by atoms with van der Waals surface area (Å²) in [5, 5.41) is 6.22. The molecule has 0 radical (unpaired) electrons. The Morgan fingerprint density at radius 3 is 2.32 bits per heavy atom. The number of anilines is 2. The topological polar surface area (TPSA) is 44.4 Å². The third-order valence-corrected chi connectivity index (χ3v) is 4.46. The number of nitrogens with one attached hydrogen (secondary N) is 2. The van der Waals surface area contributed by atoms with Gasteiger partial charge in [0.1, 0.15) is 0 Å². The van der Waals surface area contributed by atoms with Crippen molar-refractivity contribution in [3.05, 3.63) is 65.3 Å². The van der Waals surface area contributed by atoms with Gasteiger partial charge in [0, 0.05) is 35.7 Å². The van der Waals surface area contributed by atoms with Gasteiger partial charge in [-0.25, -0.2) is 4.79 Å². The number of piperidine rings is 1. The van der Waals surface area contributed by atoms with Crippen LogP contribution in [0.15, 0.2) is 54.7 Å². The van der Waals surface area contributed by atoms with Crippen LogP contribution in [0.3, 0.4) is 0 Å². The molecular weight excluding hydrogens is 334 g/mol. The zero-order valence-corrected chi connectivity index (χ0v) is 14.8. The molecule has 2 aromatic carbocycles. The van der Waals surface area contributed by atoms with E-state index < -0.39 is 0 Å². The van der Waals surface area contributed by atoms with Crippen molar-refractivity contribution in [1.82, 2.24) is 5.32 Å². The first kappa shape index (κ1) is 17.4. The van der Waals surface area contributed by atoms with Gasteiger partial charge in [-0.15, -0.1) is 0 Å². The number of hydrogen-bond donors (Lipinski definition) is 2. The van der Waals surface area contributed by atoms with E-state index in [2.05, 4.69) is 27.7 Å². The van der Waals surface area contributed by atoms with Gasteiger partial charge in [-0.2, -0.15) is 0 Å². The zero-order chi connectivity index (χ0) is 17.5. The summed E-state index contributed by atoms with van der Waals surface area (Å²) in [4.78, 5) is 14.3. The number of amides is 2. The summed E-state index contributed by atoms with van der Waals surface area (Å²) >= 11 is 5.84. The number of hydrogen-bond acceptors (Lipinski definition) is 2. The number of halogens is 1. The highest BCUT2D eigenvalue weighted by Crippen LogP contribution is 2.21. The van der Waals surface area contributed by atoms with E-state index >= 15 is 0 Å². The van der Waals surface area contributed by atoms with Gasteiger partial charge in [0.2, 0.25) is 0 Å². The van der Waals surface area contributed by atoms with Gasteiger partial charge in [0.05, 0.1) is 0 Å². The van der Waals surface area contributed by atoms with Gasteiger partial charge in [-0.3, -0.25) is 0 Å². The Balaban J connectivity index is 1.49. The summed E-state index contributed by atoms with van der Waals surface area (Å²) in [7, 11) is 0. The maximum Gasteiger partial charge on any atom is 0.323 e. The molecule has 0 unspecified atom stereocenters. The van der Waals surface area contributed by atoms with Crippen molar-refractivity contribution in [3.8, 4) is 0 Å². The Morgan fingerprint density at radius 2 is 1.64 bits per heavy atom. The second-order valence-electron chi connectivity index (χ2n) is 6.08. The van der Waals surface area contributed by atoms with E-state index in [0.717, 1.165) is 24.3 Å². The molecule has 1 aliphatic heterocycles. The lowest BCUT2D eigenvalue weighted by Crippen LogP contribution is -2.29. The molecular formula is C20H22ClN3O. The highest BCUT2D eigenvalue weighted by atomic mass is 35.5. The maximum atomic E-state index is 11.9. The Bertz CT molecular complexity index is 720. The van der Waals surface area contributed by atoms with Crippen molar-refractivity contribution in [2.24, 2.45) is 0 Å². The molecule has 0 bridgehead atoms. The van der Waals surface area contributed by atoms with E-state index in [0.29, 0.717) is 5.02 Å². The summed E-state index contributed by atoms with van der Waals surface area (Å²) < 4.78 is 0. The van der Waals surface area contributed by atoms with Crippen LogP contribution in [0.2, 0.25) is 5.02 Å². The largest absolute Gasteiger partial charge is 0.372 e. The molecule has 2 N–H and O–H groups in total. The van der Waals surface area contributed by atoms with E-state index in [4.69, 9.17) is 11.6 Å². The number of urea groups is 1. The summed E-state index contributed by atoms with van der Waals surface area (Å²) in [5.41, 5.74) is 2.96. The van der Waals surface area contributed by atoms with Crippen LogP contribution >= 0.6 is 11.6 Å². The van der Waals surface area contributed by atoms with Gasteiger partial charge >= 0.3 is 6.03 Å². The van der Waals surface area contributed by atoms with Crippen LogP contribution < -0.4 is 15.5 Å². The fraction of sp³-hybridized carbons (Fsp3) is 0.250. The molecule has 3 rings (SSSR count). The van der Waals surface area contributed by atoms with Crippen LogP contribution in [-0.2, 0) is 0 Å². The number of benzene rings is 2. The Labute approximate surface area is 153 Å². The minimum Gasteiger partial charge on any atom is -0.372 e. The predicted molar refractivity (Wildman–Crippen MR) is 105 cm³/mol. The van der Waals surface area contributed by atoms with Gasteiger partial charge in [0.25, 0.3) is 0 Å². The molecule has 1 fully saturated rings. The number of nitrogens with zero attached hydrogens (tertiary/aromatic N) is 1. The average Bonchev–Trinajstić information content (AvgIpc) is 2.65. The Morgan fingerprint density at radius 1 is 0.960 bits per heavy atom. The Hall–Kier alpha value is -2.46. The molecule has 2 aromatic rings. The average molecular weight is 356 g/mol. The molecule has 4 nitrogen and oxygen atoms in total. The minimum atomic E-state index is -0.268. The van der Waals surface area contributed by atoms with Crippen LogP contribution in [-0.4, -0.2) is 19.1 Å². The third-order valence-electron chi connectivity index (χ3n) is 4.21. The van der Waals surface area contributed by atoms with Crippen LogP contribution in [0.1, 0.15) is 24.8 Å². The molecule has 1 saturated heterocycles. The number of carbonyl (C=O) groups is 1. The molecule has 2 amide bonds. The molecule has 1 heterocycles. The van der Waals surface area contributed by atoms with Crippen LogP contribution in [0.5, 0.6) is 0 Å². The van der Waals surface area contributed by atoms with Crippen molar-refractivity contribution < 1.29 is 4.79 Å². The SMILES string of the molecule is O=C(N/C=C/c1ccc(Cl)cc1)Nc1ccc(N2CCCCC2)cc1. The first-order valence-corrected chi connectivity index (χ1v) is 8.93. The molecule has 25 heavy (non-hydrogen) atoms. The molecule has 1 aliphatic rings. The summed E-state index contributed by atoms with van der Waals surface area (Å²) in [6.07, 6.45) is 7.25. The van der Waals surface area contributed by atoms with E-state index in [1.54, 1.807) is 6.20 Å². The lowest BCUT2D eigenvalue weighted by molar-refractivity contribution is 0.255. The molecule has 0 aromatic heterocycles. The van der Waals surface area contributed by atoms with Crippen molar-refractivity contribution in [1.29, 1.82) is 0 Å². The van der Waals surface area contributed by atoms with Gasteiger partial charge in [-0.1, -0.05) is 23.7 Å². The monoisotopic (exact) mass is 355 g/mol. The molecule has 130 valence electrons. The van der Waals surface area contributed by atoms with E-state index in [-0.39, 0.29) is 6.03 Å². The van der Waals surface area contributed by atoms with E-state index in [1.807, 2.05) is 42.5 Å². The highest BCUT2D eigenvalue weighted by molar-refractivity contribution is 6.30. The first-order chi connectivity index (χ1) is 12.2. The fourth-order valence-corrected chi connectivity index (χ4v) is 2.99. The molecule has 0 saturated carbocycles. The lowest BCUT2D eigenvalue weighted by atomic mass is 10.1. The van der Waals surface area contributed by atoms with Crippen molar-refractivity contribution in [2.45, 2.75) is 19.3 Å². The lowest BCUT2D eigenvalue weighted by Gasteiger charge is -2.28. The van der Waals surface area contributed by atoms with Gasteiger partial charge < -0.3 is 15.5 Å². The predicted octanol–water partition coefficient (Wildman–Crippen LogP) is 5.12. The van der Waals surface area contributed by atoms with E-state index in [1.165, 1.54) is 24.9 Å². The second kappa shape index (κ2) is 8.58. The van der Waals surface area contributed by atoms with Gasteiger partial charge in [-0.05, 0) is 67.3 Å². The van der Waals surface area contributed by atoms with Gasteiger partial charge in [0.15, 0.2) is 0 Å². The summed E-state index contributed by atoms with van der Waals surface area (Å²) in [6, 6.07) is 15.1. The zero-order valence-electron chi connectivity index (χ0n) is 14.0. The van der Waals surface area contributed by atoms with Crippen molar-refractivity contribution in [3.63, 3.8) is 0 Å². The maximum absolute atomic E-state index is 11.9. The summed E-state index contributed by atoms with van der Waals surface area (Å²) in [5.74, 6) is 0. The van der Waals surface area contributed by atoms with Crippen LogP contribution in [0.4, 0.5) is 16.2 Å². The van der Waals surface area contributed by atoms with Crippen molar-refractivity contribution in [2.75, 3.05) is 23.3 Å². The summed E-state index contributed by atoms with van der Waals surface area (Å²) in [6.45, 7) is 2.23. The fourth-order valence-electron chi connectivity index (χ4n) is 2.86. The van der Waals surface area contributed by atoms with Crippen molar-refractivity contribution >= 4 is 35.1 Å². The quantitative estimate of drug-likeness (QED) is 0.799. The standard InChI is InChI=1S/C20H22ClN3O/c21-17-6-4-16(5-7-17)12-13-22-20(25)23-18-8-10-19(11-9-18)24-14-2-1-3-15-24/h4-13H,1-3,14-15H2,(H2,22,23,25)/b13-12+. The van der Waals surface area contributed by atoms with E-state index in [9.17, 15) is 4.79 Å². The number of carbonyl (C=O) groups excluding carboxylic acids is 1. The van der Waals surface area contributed by atoms with Crippen LogP contribution in [0.25, 0.3) is 6.08 Å². The molecule has 0 atom stereocenters. The highest BCUT2D eigenvalue weighted by Gasteiger charge is 2.10. The minimum absolute atomic E-state index is 0.268. The normalized spacial score (nSPS) is 14.5. The molecule has 0 spiro atoms. The smallest absolute Gasteiger partial charge is 0.323 e. The number of rotatable bonds is 4. The third kappa shape index (κ3) is 5.26. The second-order valence-corrected chi connectivity index (χ2v) is 6.51. The molecule has 0 aliphatic carbocycles. The first-order valence-electron chi connectivity index (χ1n) is 8.55. The Kier molecular flexibility index (Phi) is 5.96.